The fourth-order valence-electron chi connectivity index (χ4n) is 3.39. The van der Waals surface area contributed by atoms with E-state index in [0.29, 0.717) is 50.0 Å². The van der Waals surface area contributed by atoms with Crippen LogP contribution in [-0.2, 0) is 19.1 Å². The van der Waals surface area contributed by atoms with E-state index >= 15 is 0 Å². The van der Waals surface area contributed by atoms with Gasteiger partial charge in [-0.1, -0.05) is 6.07 Å². The zero-order valence-electron chi connectivity index (χ0n) is 20.2. The molecular formula is C25H29N3O8. The maximum absolute atomic E-state index is 12.4. The minimum absolute atomic E-state index is 0.223. The Morgan fingerprint density at radius 3 is 2.22 bits per heavy atom. The molecule has 0 aliphatic carbocycles. The normalized spacial score (nSPS) is 12.9. The first kappa shape index (κ1) is 26.3. The lowest BCUT2D eigenvalue weighted by Crippen LogP contribution is -2.51. The number of ether oxygens (including phenoxy) is 4. The summed E-state index contributed by atoms with van der Waals surface area (Å²) in [6.45, 7) is 2.80. The summed E-state index contributed by atoms with van der Waals surface area (Å²) in [5.74, 6) is -0.338. The second-order valence-corrected chi connectivity index (χ2v) is 7.74. The van der Waals surface area contributed by atoms with E-state index in [0.717, 1.165) is 0 Å². The number of nitrogens with one attached hydrogen (secondary N) is 1. The van der Waals surface area contributed by atoms with Crippen LogP contribution in [0.2, 0.25) is 0 Å². The predicted molar refractivity (Wildman–Crippen MR) is 129 cm³/mol. The molecule has 3 amide bonds. The SMILES string of the molecule is CCOC(=O)N1CCN(C(=O)COC(=O)c2ccc(OCC(=O)Nc3cccc(OC)c3)cc2)CC1. The maximum atomic E-state index is 12.4. The molecule has 0 saturated carbocycles. The van der Waals surface area contributed by atoms with Crippen molar-refractivity contribution in [3.8, 4) is 11.5 Å². The Bertz CT molecular complexity index is 1070. The molecule has 1 N–H and O–H groups in total. The summed E-state index contributed by atoms with van der Waals surface area (Å²) >= 11 is 0. The second kappa shape index (κ2) is 13.0. The summed E-state index contributed by atoms with van der Waals surface area (Å²) in [7, 11) is 1.54. The summed E-state index contributed by atoms with van der Waals surface area (Å²) in [4.78, 5) is 51.6. The number of carbonyl (C=O) groups is 4. The lowest BCUT2D eigenvalue weighted by molar-refractivity contribution is -0.136. The van der Waals surface area contributed by atoms with Crippen LogP contribution in [0.3, 0.4) is 0 Å². The predicted octanol–water partition coefficient (Wildman–Crippen LogP) is 2.17. The van der Waals surface area contributed by atoms with Crippen molar-refractivity contribution >= 4 is 29.6 Å². The molecule has 192 valence electrons. The minimum Gasteiger partial charge on any atom is -0.497 e. The van der Waals surface area contributed by atoms with Crippen molar-refractivity contribution < 1.29 is 38.1 Å². The van der Waals surface area contributed by atoms with Crippen LogP contribution in [0.25, 0.3) is 0 Å². The largest absolute Gasteiger partial charge is 0.497 e. The smallest absolute Gasteiger partial charge is 0.409 e. The van der Waals surface area contributed by atoms with E-state index in [1.165, 1.54) is 41.2 Å². The summed E-state index contributed by atoms with van der Waals surface area (Å²) in [5, 5.41) is 2.70. The van der Waals surface area contributed by atoms with Gasteiger partial charge in [-0.15, -0.1) is 0 Å². The van der Waals surface area contributed by atoms with Crippen molar-refractivity contribution in [2.75, 3.05) is 58.4 Å². The fourth-order valence-corrected chi connectivity index (χ4v) is 3.39. The number of anilines is 1. The Morgan fingerprint density at radius 2 is 1.56 bits per heavy atom. The molecule has 0 spiro atoms. The zero-order chi connectivity index (χ0) is 25.9. The highest BCUT2D eigenvalue weighted by atomic mass is 16.6. The standard InChI is InChI=1S/C25H29N3O8/c1-3-34-25(32)28-13-11-27(12-14-28)23(30)17-36-24(31)18-7-9-20(10-8-18)35-16-22(29)26-19-5-4-6-21(15-19)33-2/h4-10,15H,3,11-14,16-17H2,1-2H3,(H,26,29). The van der Waals surface area contributed by atoms with Crippen molar-refractivity contribution in [1.82, 2.24) is 9.80 Å². The van der Waals surface area contributed by atoms with Crippen LogP contribution in [0, 0.1) is 0 Å². The average Bonchev–Trinajstić information content (AvgIpc) is 2.91. The molecule has 2 aromatic carbocycles. The lowest BCUT2D eigenvalue weighted by Gasteiger charge is -2.33. The molecule has 0 radical (unpaired) electrons. The quantitative estimate of drug-likeness (QED) is 0.521. The van der Waals surface area contributed by atoms with Crippen LogP contribution in [-0.4, -0.2) is 86.8 Å². The van der Waals surface area contributed by atoms with Crippen LogP contribution in [0.4, 0.5) is 10.5 Å². The molecule has 0 aromatic heterocycles. The van der Waals surface area contributed by atoms with E-state index in [4.69, 9.17) is 18.9 Å². The topological polar surface area (TPSA) is 124 Å². The minimum atomic E-state index is -0.657. The third kappa shape index (κ3) is 7.62. The van der Waals surface area contributed by atoms with Gasteiger partial charge in [0, 0.05) is 37.9 Å². The van der Waals surface area contributed by atoms with E-state index in [1.807, 2.05) is 0 Å². The molecule has 0 atom stereocenters. The molecule has 1 aliphatic rings. The van der Waals surface area contributed by atoms with Gasteiger partial charge in [-0.25, -0.2) is 9.59 Å². The number of amides is 3. The van der Waals surface area contributed by atoms with E-state index in [-0.39, 0.29) is 24.0 Å². The van der Waals surface area contributed by atoms with Crippen LogP contribution >= 0.6 is 0 Å². The maximum Gasteiger partial charge on any atom is 0.409 e. The second-order valence-electron chi connectivity index (χ2n) is 7.74. The summed E-state index contributed by atoms with van der Waals surface area (Å²) in [5.41, 5.74) is 0.819. The number of methoxy groups -OCH3 is 1. The van der Waals surface area contributed by atoms with E-state index < -0.39 is 18.7 Å². The Morgan fingerprint density at radius 1 is 0.861 bits per heavy atom. The van der Waals surface area contributed by atoms with Gasteiger partial charge in [0.2, 0.25) is 0 Å². The number of hydrogen-bond donors (Lipinski definition) is 1. The van der Waals surface area contributed by atoms with Gasteiger partial charge in [0.25, 0.3) is 11.8 Å². The summed E-state index contributed by atoms with van der Waals surface area (Å²) in [6, 6.07) is 13.0. The molecule has 2 aromatic rings. The highest BCUT2D eigenvalue weighted by Gasteiger charge is 2.25. The highest BCUT2D eigenvalue weighted by molar-refractivity contribution is 5.92. The van der Waals surface area contributed by atoms with Crippen LogP contribution in [0.5, 0.6) is 11.5 Å². The monoisotopic (exact) mass is 499 g/mol. The van der Waals surface area contributed by atoms with Gasteiger partial charge in [-0.3, -0.25) is 9.59 Å². The van der Waals surface area contributed by atoms with Gasteiger partial charge in [0.1, 0.15) is 11.5 Å². The molecule has 0 unspecified atom stereocenters. The van der Waals surface area contributed by atoms with Gasteiger partial charge in [-0.05, 0) is 43.3 Å². The number of hydrogen-bond acceptors (Lipinski definition) is 8. The number of nitrogens with zero attached hydrogens (tertiary/aromatic N) is 2. The molecule has 1 heterocycles. The Balaban J connectivity index is 1.39. The molecule has 3 rings (SSSR count). The molecule has 36 heavy (non-hydrogen) atoms. The van der Waals surface area contributed by atoms with E-state index in [1.54, 1.807) is 31.2 Å². The van der Waals surface area contributed by atoms with Gasteiger partial charge in [-0.2, -0.15) is 0 Å². The van der Waals surface area contributed by atoms with Crippen LogP contribution in [0.15, 0.2) is 48.5 Å². The van der Waals surface area contributed by atoms with Crippen molar-refractivity contribution in [2.24, 2.45) is 0 Å². The number of benzene rings is 2. The number of carbonyl (C=O) groups excluding carboxylic acids is 4. The average molecular weight is 500 g/mol. The van der Waals surface area contributed by atoms with E-state index in [9.17, 15) is 19.2 Å². The number of piperazine rings is 1. The number of esters is 1. The molecule has 11 heteroatoms. The van der Waals surface area contributed by atoms with Crippen LogP contribution < -0.4 is 14.8 Å². The molecule has 1 fully saturated rings. The first-order chi connectivity index (χ1) is 17.4. The zero-order valence-corrected chi connectivity index (χ0v) is 20.2. The Kier molecular flexibility index (Phi) is 9.49. The highest BCUT2D eigenvalue weighted by Crippen LogP contribution is 2.17. The molecular weight excluding hydrogens is 470 g/mol. The first-order valence-electron chi connectivity index (χ1n) is 11.4. The third-order valence-electron chi connectivity index (χ3n) is 5.30. The van der Waals surface area contributed by atoms with Crippen LogP contribution in [0.1, 0.15) is 17.3 Å². The van der Waals surface area contributed by atoms with Gasteiger partial charge >= 0.3 is 12.1 Å². The van der Waals surface area contributed by atoms with Gasteiger partial charge in [0.05, 0.1) is 19.3 Å². The molecule has 1 saturated heterocycles. The van der Waals surface area contributed by atoms with E-state index in [2.05, 4.69) is 5.32 Å². The Hall–Kier alpha value is -4.28. The lowest BCUT2D eigenvalue weighted by atomic mass is 10.2. The third-order valence-corrected chi connectivity index (χ3v) is 5.30. The van der Waals surface area contributed by atoms with Crippen molar-refractivity contribution in [1.29, 1.82) is 0 Å². The van der Waals surface area contributed by atoms with Crippen molar-refractivity contribution in [2.45, 2.75) is 6.92 Å². The van der Waals surface area contributed by atoms with Gasteiger partial charge in [0.15, 0.2) is 13.2 Å². The first-order valence-corrected chi connectivity index (χ1v) is 11.4. The Labute approximate surface area is 208 Å². The number of rotatable bonds is 9. The van der Waals surface area contributed by atoms with Crippen molar-refractivity contribution in [3.63, 3.8) is 0 Å². The molecule has 1 aliphatic heterocycles. The van der Waals surface area contributed by atoms with Gasteiger partial charge < -0.3 is 34.1 Å². The molecule has 0 bridgehead atoms. The molecule has 11 nitrogen and oxygen atoms in total. The summed E-state index contributed by atoms with van der Waals surface area (Å²) in [6.07, 6.45) is -0.402. The van der Waals surface area contributed by atoms with Crippen molar-refractivity contribution in [3.05, 3.63) is 54.1 Å². The summed E-state index contributed by atoms with van der Waals surface area (Å²) < 4.78 is 20.7. The fraction of sp³-hybridized carbons (Fsp3) is 0.360.